The molecule has 0 unspecified atom stereocenters. The molecule has 0 aliphatic heterocycles. The Hall–Kier alpha value is -2.57. The van der Waals surface area contributed by atoms with Crippen LogP contribution >= 0.6 is 0 Å². The molecule has 112 valence electrons. The normalized spacial score (nSPS) is 10.7. The van der Waals surface area contributed by atoms with E-state index in [2.05, 4.69) is 0 Å². The summed E-state index contributed by atoms with van der Waals surface area (Å²) in [6, 6.07) is 3.23. The van der Waals surface area contributed by atoms with Gasteiger partial charge in [-0.05, 0) is 18.6 Å². The van der Waals surface area contributed by atoms with Crippen molar-refractivity contribution in [1.82, 2.24) is 4.57 Å². The van der Waals surface area contributed by atoms with Gasteiger partial charge in [-0.3, -0.25) is 10.1 Å². The maximum absolute atomic E-state index is 12.1. The number of carbonyl (C=O) groups is 1. The van der Waals surface area contributed by atoms with Gasteiger partial charge in [0, 0.05) is 12.7 Å². The van der Waals surface area contributed by atoms with Crippen molar-refractivity contribution < 1.29 is 19.2 Å². The first-order chi connectivity index (χ1) is 9.97. The highest BCUT2D eigenvalue weighted by atomic mass is 16.6. The number of ether oxygens (including phenoxy) is 2. The fraction of sp³-hybridized carbons (Fsp3) is 0.357. The van der Waals surface area contributed by atoms with Crippen LogP contribution in [0.25, 0.3) is 10.9 Å². The topological polar surface area (TPSA) is 83.6 Å². The lowest BCUT2D eigenvalue weighted by molar-refractivity contribution is -0.384. The quantitative estimate of drug-likeness (QED) is 0.491. The number of fused-ring (bicyclic) bond motifs is 1. The van der Waals surface area contributed by atoms with Crippen molar-refractivity contribution in [2.75, 3.05) is 14.2 Å². The second kappa shape index (κ2) is 5.43. The summed E-state index contributed by atoms with van der Waals surface area (Å²) in [6.07, 6.45) is 0.551. The zero-order chi connectivity index (χ0) is 15.7. The van der Waals surface area contributed by atoms with E-state index in [1.54, 1.807) is 17.7 Å². The van der Waals surface area contributed by atoms with E-state index >= 15 is 0 Å². The van der Waals surface area contributed by atoms with Gasteiger partial charge < -0.3 is 14.0 Å². The number of hydrogen-bond donors (Lipinski definition) is 0. The van der Waals surface area contributed by atoms with Crippen LogP contribution in [-0.4, -0.2) is 29.7 Å². The first-order valence-electron chi connectivity index (χ1n) is 6.38. The van der Waals surface area contributed by atoms with Crippen LogP contribution in [-0.2, 0) is 18.2 Å². The van der Waals surface area contributed by atoms with Gasteiger partial charge in [0.25, 0.3) is 0 Å². The van der Waals surface area contributed by atoms with Crippen LogP contribution in [0.2, 0.25) is 0 Å². The lowest BCUT2D eigenvalue weighted by Gasteiger charge is -2.04. The minimum Gasteiger partial charge on any atom is -0.490 e. The summed E-state index contributed by atoms with van der Waals surface area (Å²) in [6.45, 7) is 1.88. The fourth-order valence-electron chi connectivity index (χ4n) is 2.63. The van der Waals surface area contributed by atoms with E-state index in [1.165, 1.54) is 20.3 Å². The van der Waals surface area contributed by atoms with Gasteiger partial charge >= 0.3 is 11.7 Å². The van der Waals surface area contributed by atoms with E-state index in [4.69, 9.17) is 9.47 Å². The Morgan fingerprint density at radius 3 is 2.52 bits per heavy atom. The first-order valence-corrected chi connectivity index (χ1v) is 6.38. The van der Waals surface area contributed by atoms with E-state index in [0.717, 1.165) is 0 Å². The van der Waals surface area contributed by atoms with Crippen LogP contribution in [0.3, 0.4) is 0 Å². The van der Waals surface area contributed by atoms with E-state index in [9.17, 15) is 14.9 Å². The second-order valence-electron chi connectivity index (χ2n) is 4.49. The van der Waals surface area contributed by atoms with Crippen LogP contribution in [0, 0.1) is 10.1 Å². The summed E-state index contributed by atoms with van der Waals surface area (Å²) in [5.74, 6) is -0.472. The number of hydrogen-bond acceptors (Lipinski definition) is 5. The minimum atomic E-state index is -0.589. The number of esters is 1. The van der Waals surface area contributed by atoms with E-state index < -0.39 is 10.9 Å². The van der Waals surface area contributed by atoms with Crippen LogP contribution in [0.1, 0.15) is 23.0 Å². The van der Waals surface area contributed by atoms with Gasteiger partial charge in [-0.2, -0.15) is 0 Å². The third-order valence-corrected chi connectivity index (χ3v) is 3.55. The SMILES string of the molecule is CCc1c(C(=O)OC)c2c([N+](=O)[O-])c(OC)ccc2n1C. The molecule has 0 spiro atoms. The summed E-state index contributed by atoms with van der Waals surface area (Å²) < 4.78 is 11.6. The number of methoxy groups -OCH3 is 2. The molecular weight excluding hydrogens is 276 g/mol. The molecule has 7 nitrogen and oxygen atoms in total. The molecule has 0 amide bonds. The molecule has 2 rings (SSSR count). The number of benzene rings is 1. The Bertz CT molecular complexity index is 733. The van der Waals surface area contributed by atoms with Gasteiger partial charge in [-0.25, -0.2) is 4.79 Å². The molecule has 21 heavy (non-hydrogen) atoms. The standard InChI is InChI=1S/C14H16N2O5/c1-5-8-12(14(17)21-4)11-9(15(8)2)6-7-10(20-3)13(11)16(18)19/h6-7H,5H2,1-4H3. The third-order valence-electron chi connectivity index (χ3n) is 3.55. The molecule has 0 saturated heterocycles. The predicted octanol–water partition coefficient (Wildman–Crippen LogP) is 2.44. The molecule has 0 N–H and O–H groups in total. The molecule has 0 saturated carbocycles. The highest BCUT2D eigenvalue weighted by Gasteiger charge is 2.30. The van der Waals surface area contributed by atoms with Crippen molar-refractivity contribution in [3.8, 4) is 5.75 Å². The lowest BCUT2D eigenvalue weighted by atomic mass is 10.1. The molecule has 0 aliphatic carbocycles. The summed E-state index contributed by atoms with van der Waals surface area (Å²) in [5, 5.41) is 11.7. The largest absolute Gasteiger partial charge is 0.490 e. The number of nitro groups is 1. The van der Waals surface area contributed by atoms with Gasteiger partial charge in [0.2, 0.25) is 0 Å². The van der Waals surface area contributed by atoms with E-state index in [0.29, 0.717) is 17.6 Å². The van der Waals surface area contributed by atoms with Crippen molar-refractivity contribution in [2.24, 2.45) is 7.05 Å². The Morgan fingerprint density at radius 2 is 2.05 bits per heavy atom. The fourth-order valence-corrected chi connectivity index (χ4v) is 2.63. The highest BCUT2D eigenvalue weighted by Crippen LogP contribution is 2.40. The van der Waals surface area contributed by atoms with Crippen LogP contribution in [0.4, 0.5) is 5.69 Å². The number of nitro benzene ring substituents is 1. The summed E-state index contributed by atoms with van der Waals surface area (Å²) >= 11 is 0. The molecule has 0 fully saturated rings. The Morgan fingerprint density at radius 1 is 1.38 bits per heavy atom. The number of aryl methyl sites for hydroxylation is 1. The third kappa shape index (κ3) is 2.10. The Labute approximate surface area is 121 Å². The smallest absolute Gasteiger partial charge is 0.340 e. The van der Waals surface area contributed by atoms with Crippen molar-refractivity contribution in [1.29, 1.82) is 0 Å². The molecule has 2 aromatic rings. The number of nitrogens with zero attached hydrogens (tertiary/aromatic N) is 2. The molecule has 0 bridgehead atoms. The monoisotopic (exact) mass is 292 g/mol. The number of carbonyl (C=O) groups excluding carboxylic acids is 1. The number of aromatic nitrogens is 1. The molecular formula is C14H16N2O5. The van der Waals surface area contributed by atoms with Gasteiger partial charge in [0.05, 0.1) is 35.6 Å². The van der Waals surface area contributed by atoms with Gasteiger partial charge in [-0.1, -0.05) is 6.92 Å². The van der Waals surface area contributed by atoms with E-state index in [1.807, 2.05) is 6.92 Å². The molecule has 1 aromatic carbocycles. The molecule has 7 heteroatoms. The Balaban J connectivity index is 3.03. The average molecular weight is 292 g/mol. The predicted molar refractivity (Wildman–Crippen MR) is 76.8 cm³/mol. The summed E-state index contributed by atoms with van der Waals surface area (Å²) in [7, 11) is 4.38. The van der Waals surface area contributed by atoms with Crippen LogP contribution in [0.15, 0.2) is 12.1 Å². The van der Waals surface area contributed by atoms with Gasteiger partial charge in [0.15, 0.2) is 5.75 Å². The highest BCUT2D eigenvalue weighted by molar-refractivity contribution is 6.10. The van der Waals surface area contributed by atoms with E-state index in [-0.39, 0.29) is 22.4 Å². The lowest BCUT2D eigenvalue weighted by Crippen LogP contribution is -2.06. The van der Waals surface area contributed by atoms with Crippen LogP contribution < -0.4 is 4.74 Å². The summed E-state index contributed by atoms with van der Waals surface area (Å²) in [5.41, 5.74) is 1.29. The molecule has 1 aromatic heterocycles. The molecule has 1 heterocycles. The van der Waals surface area contributed by atoms with Crippen molar-refractivity contribution in [3.63, 3.8) is 0 Å². The van der Waals surface area contributed by atoms with Crippen LogP contribution in [0.5, 0.6) is 5.75 Å². The van der Waals surface area contributed by atoms with Gasteiger partial charge in [-0.15, -0.1) is 0 Å². The first kappa shape index (κ1) is 14.8. The zero-order valence-corrected chi connectivity index (χ0v) is 12.3. The summed E-state index contributed by atoms with van der Waals surface area (Å²) in [4.78, 5) is 23.0. The molecule has 0 radical (unpaired) electrons. The minimum absolute atomic E-state index is 0.117. The van der Waals surface area contributed by atoms with Crippen molar-refractivity contribution in [3.05, 3.63) is 33.5 Å². The maximum atomic E-state index is 12.1. The number of rotatable bonds is 4. The maximum Gasteiger partial charge on any atom is 0.340 e. The van der Waals surface area contributed by atoms with Crippen molar-refractivity contribution >= 4 is 22.6 Å². The zero-order valence-electron chi connectivity index (χ0n) is 12.3. The molecule has 0 atom stereocenters. The average Bonchev–Trinajstić information content (AvgIpc) is 2.77. The molecule has 0 aliphatic rings. The van der Waals surface area contributed by atoms with Crippen molar-refractivity contribution in [2.45, 2.75) is 13.3 Å². The Kier molecular flexibility index (Phi) is 3.84. The second-order valence-corrected chi connectivity index (χ2v) is 4.49. The van der Waals surface area contributed by atoms with Gasteiger partial charge in [0.1, 0.15) is 0 Å².